The van der Waals surface area contributed by atoms with E-state index in [2.05, 4.69) is 20.7 Å². The molecular formula is C11H12N4O2S. The summed E-state index contributed by atoms with van der Waals surface area (Å²) in [6, 6.07) is 7.16. The van der Waals surface area contributed by atoms with Crippen LogP contribution >= 0.6 is 11.8 Å². The number of nitrogens with zero attached hydrogens (tertiary/aromatic N) is 2. The third kappa shape index (κ3) is 3.49. The normalized spacial score (nSPS) is 10.1. The number of thioether (sulfide) groups is 1. The molecule has 6 nitrogen and oxygen atoms in total. The highest BCUT2D eigenvalue weighted by Crippen LogP contribution is 2.16. The molecule has 0 saturated heterocycles. The van der Waals surface area contributed by atoms with E-state index in [1.54, 1.807) is 37.6 Å². The first kappa shape index (κ1) is 12.4. The zero-order valence-corrected chi connectivity index (χ0v) is 10.5. The van der Waals surface area contributed by atoms with Crippen LogP contribution in [-0.2, 0) is 4.79 Å². The Balaban J connectivity index is 1.83. The second kappa shape index (κ2) is 6.06. The maximum Gasteiger partial charge on any atom is 0.234 e. The van der Waals surface area contributed by atoms with E-state index in [0.29, 0.717) is 10.8 Å². The summed E-state index contributed by atoms with van der Waals surface area (Å²) in [5.74, 6) is 0.955. The number of carbonyl (C=O) groups is 1. The molecule has 0 atom stereocenters. The van der Waals surface area contributed by atoms with Crippen LogP contribution in [0, 0.1) is 0 Å². The van der Waals surface area contributed by atoms with Gasteiger partial charge in [0, 0.05) is 5.69 Å². The van der Waals surface area contributed by atoms with Crippen molar-refractivity contribution in [1.82, 2.24) is 15.4 Å². The van der Waals surface area contributed by atoms with Gasteiger partial charge < -0.3 is 10.1 Å². The van der Waals surface area contributed by atoms with E-state index in [0.717, 1.165) is 11.4 Å². The molecule has 0 spiro atoms. The van der Waals surface area contributed by atoms with Crippen LogP contribution in [0.3, 0.4) is 0 Å². The standard InChI is InChI=1S/C11H12N4O2S/c1-17-9-4-2-8(3-5-9)13-10(16)7-18-11-6-12-15-14-11/h2-6H,7H2,1H3,(H,13,16)(H,12,14,15). The van der Waals surface area contributed by atoms with E-state index in [1.165, 1.54) is 11.8 Å². The molecule has 7 heteroatoms. The highest BCUT2D eigenvalue weighted by molar-refractivity contribution is 7.99. The Morgan fingerprint density at radius 1 is 1.44 bits per heavy atom. The zero-order chi connectivity index (χ0) is 12.8. The molecule has 0 saturated carbocycles. The smallest absolute Gasteiger partial charge is 0.234 e. The van der Waals surface area contributed by atoms with Gasteiger partial charge in [0.2, 0.25) is 5.91 Å². The molecular weight excluding hydrogens is 252 g/mol. The number of nitrogens with one attached hydrogen (secondary N) is 2. The number of ether oxygens (including phenoxy) is 1. The van der Waals surface area contributed by atoms with Crippen molar-refractivity contribution in [2.24, 2.45) is 0 Å². The zero-order valence-electron chi connectivity index (χ0n) is 9.71. The molecule has 1 amide bonds. The Bertz CT molecular complexity index is 498. The second-order valence-corrected chi connectivity index (χ2v) is 4.37. The lowest BCUT2D eigenvalue weighted by Crippen LogP contribution is -2.13. The van der Waals surface area contributed by atoms with Gasteiger partial charge in [-0.25, -0.2) is 0 Å². The molecule has 0 aliphatic carbocycles. The number of methoxy groups -OCH3 is 1. The van der Waals surface area contributed by atoms with Gasteiger partial charge in [-0.05, 0) is 24.3 Å². The minimum Gasteiger partial charge on any atom is -0.497 e. The van der Waals surface area contributed by atoms with E-state index < -0.39 is 0 Å². The Hall–Kier alpha value is -2.02. The molecule has 0 unspecified atom stereocenters. The average molecular weight is 264 g/mol. The largest absolute Gasteiger partial charge is 0.497 e. The summed E-state index contributed by atoms with van der Waals surface area (Å²) >= 11 is 1.32. The van der Waals surface area contributed by atoms with E-state index >= 15 is 0 Å². The van der Waals surface area contributed by atoms with Crippen LogP contribution in [0.1, 0.15) is 0 Å². The molecule has 18 heavy (non-hydrogen) atoms. The van der Waals surface area contributed by atoms with Crippen molar-refractivity contribution in [3.8, 4) is 5.75 Å². The summed E-state index contributed by atoms with van der Waals surface area (Å²) in [7, 11) is 1.60. The Morgan fingerprint density at radius 2 is 2.22 bits per heavy atom. The van der Waals surface area contributed by atoms with Gasteiger partial charge in [-0.3, -0.25) is 4.79 Å². The van der Waals surface area contributed by atoms with Crippen molar-refractivity contribution < 1.29 is 9.53 Å². The first-order chi connectivity index (χ1) is 8.78. The fourth-order valence-corrected chi connectivity index (χ4v) is 1.86. The molecule has 1 aromatic carbocycles. The fourth-order valence-electron chi connectivity index (χ4n) is 1.27. The van der Waals surface area contributed by atoms with Gasteiger partial charge in [-0.2, -0.15) is 10.3 Å². The number of benzene rings is 1. The molecule has 0 radical (unpaired) electrons. The molecule has 2 N–H and O–H groups in total. The van der Waals surface area contributed by atoms with Gasteiger partial charge in [0.25, 0.3) is 0 Å². The summed E-state index contributed by atoms with van der Waals surface area (Å²) in [5, 5.41) is 13.5. The quantitative estimate of drug-likeness (QED) is 0.801. The molecule has 2 aromatic rings. The second-order valence-electron chi connectivity index (χ2n) is 3.37. The van der Waals surface area contributed by atoms with Crippen LogP contribution in [0.5, 0.6) is 5.75 Å². The predicted molar refractivity (Wildman–Crippen MR) is 68.7 cm³/mol. The van der Waals surface area contributed by atoms with Gasteiger partial charge in [-0.15, -0.1) is 5.10 Å². The monoisotopic (exact) mass is 264 g/mol. The van der Waals surface area contributed by atoms with Crippen molar-refractivity contribution in [2.45, 2.75) is 5.03 Å². The van der Waals surface area contributed by atoms with E-state index in [4.69, 9.17) is 4.74 Å². The number of aromatic amines is 1. The average Bonchev–Trinajstić information content (AvgIpc) is 2.90. The number of hydrogen-bond acceptors (Lipinski definition) is 5. The number of rotatable bonds is 5. The maximum absolute atomic E-state index is 11.6. The predicted octanol–water partition coefficient (Wildman–Crippen LogP) is 1.54. The Morgan fingerprint density at radius 3 is 2.83 bits per heavy atom. The molecule has 2 rings (SSSR count). The number of carbonyl (C=O) groups excluding carboxylic acids is 1. The summed E-state index contributed by atoms with van der Waals surface area (Å²) in [4.78, 5) is 11.6. The van der Waals surface area contributed by atoms with Crippen LogP contribution in [0.4, 0.5) is 5.69 Å². The van der Waals surface area contributed by atoms with Gasteiger partial charge in [-0.1, -0.05) is 11.8 Å². The third-order valence-corrected chi connectivity index (χ3v) is 3.02. The number of aromatic nitrogens is 3. The molecule has 0 fully saturated rings. The van der Waals surface area contributed by atoms with E-state index in [1.807, 2.05) is 0 Å². The first-order valence-corrected chi connectivity index (χ1v) is 6.19. The van der Waals surface area contributed by atoms with Gasteiger partial charge in [0.05, 0.1) is 19.1 Å². The summed E-state index contributed by atoms with van der Waals surface area (Å²) in [6.45, 7) is 0. The van der Waals surface area contributed by atoms with Crippen molar-refractivity contribution in [3.63, 3.8) is 0 Å². The fraction of sp³-hybridized carbons (Fsp3) is 0.182. The number of H-pyrrole nitrogens is 1. The molecule has 1 aromatic heterocycles. The number of anilines is 1. The highest BCUT2D eigenvalue weighted by atomic mass is 32.2. The van der Waals surface area contributed by atoms with Gasteiger partial charge in [0.1, 0.15) is 10.8 Å². The lowest BCUT2D eigenvalue weighted by Gasteiger charge is -2.05. The number of hydrogen-bond donors (Lipinski definition) is 2. The van der Waals surface area contributed by atoms with E-state index in [-0.39, 0.29) is 5.91 Å². The van der Waals surface area contributed by atoms with Crippen LogP contribution < -0.4 is 10.1 Å². The van der Waals surface area contributed by atoms with Crippen molar-refractivity contribution >= 4 is 23.4 Å². The Labute approximate surface area is 108 Å². The lowest BCUT2D eigenvalue weighted by atomic mass is 10.3. The van der Waals surface area contributed by atoms with Crippen molar-refractivity contribution in [2.75, 3.05) is 18.2 Å². The molecule has 0 bridgehead atoms. The first-order valence-electron chi connectivity index (χ1n) is 5.20. The summed E-state index contributed by atoms with van der Waals surface area (Å²) in [6.07, 6.45) is 1.57. The summed E-state index contributed by atoms with van der Waals surface area (Å²) in [5.41, 5.74) is 0.738. The summed E-state index contributed by atoms with van der Waals surface area (Å²) < 4.78 is 5.04. The SMILES string of the molecule is COc1ccc(NC(=O)CSc2cn[nH]n2)cc1. The van der Waals surface area contributed by atoms with Gasteiger partial charge >= 0.3 is 0 Å². The third-order valence-electron chi connectivity index (χ3n) is 2.12. The number of amides is 1. The molecule has 0 aliphatic rings. The highest BCUT2D eigenvalue weighted by Gasteiger charge is 2.05. The van der Waals surface area contributed by atoms with Crippen LogP contribution in [0.2, 0.25) is 0 Å². The van der Waals surface area contributed by atoms with Crippen molar-refractivity contribution in [3.05, 3.63) is 30.5 Å². The maximum atomic E-state index is 11.6. The molecule has 0 aliphatic heterocycles. The van der Waals surface area contributed by atoms with Crippen LogP contribution in [-0.4, -0.2) is 34.2 Å². The minimum absolute atomic E-state index is 0.0897. The topological polar surface area (TPSA) is 79.9 Å². The van der Waals surface area contributed by atoms with E-state index in [9.17, 15) is 4.79 Å². The molecule has 1 heterocycles. The van der Waals surface area contributed by atoms with Gasteiger partial charge in [0.15, 0.2) is 0 Å². The van der Waals surface area contributed by atoms with Crippen molar-refractivity contribution in [1.29, 1.82) is 0 Å². The Kier molecular flexibility index (Phi) is 4.19. The van der Waals surface area contributed by atoms with Crippen LogP contribution in [0.25, 0.3) is 0 Å². The van der Waals surface area contributed by atoms with Crippen LogP contribution in [0.15, 0.2) is 35.5 Å². The molecule has 94 valence electrons. The lowest BCUT2D eigenvalue weighted by molar-refractivity contribution is -0.113. The minimum atomic E-state index is -0.0897.